The lowest BCUT2D eigenvalue weighted by molar-refractivity contribution is -0.862. The zero-order chi connectivity index (χ0) is 21.2. The van der Waals surface area contributed by atoms with Crippen LogP contribution in [-0.2, 0) is 9.59 Å². The molecule has 0 aliphatic heterocycles. The van der Waals surface area contributed by atoms with E-state index >= 15 is 0 Å². The highest BCUT2D eigenvalue weighted by atomic mass is 16.5. The van der Waals surface area contributed by atoms with Crippen LogP contribution < -0.4 is 25.0 Å². The monoisotopic (exact) mass is 400 g/mol. The minimum Gasteiger partial charge on any atom is -0.493 e. The first-order valence-electron chi connectivity index (χ1n) is 9.60. The van der Waals surface area contributed by atoms with Crippen LogP contribution in [0.3, 0.4) is 0 Å². The number of methoxy groups -OCH3 is 1. The number of rotatable bonds is 10. The van der Waals surface area contributed by atoms with Gasteiger partial charge in [-0.2, -0.15) is 0 Å². The second kappa shape index (κ2) is 11.1. The molecule has 7 heteroatoms. The van der Waals surface area contributed by atoms with Crippen molar-refractivity contribution in [3.8, 4) is 11.5 Å². The van der Waals surface area contributed by atoms with Crippen LogP contribution in [0.2, 0.25) is 0 Å². The molecule has 0 heterocycles. The predicted octanol–water partition coefficient (Wildman–Crippen LogP) is 0.960. The second-order valence-corrected chi connectivity index (χ2v) is 6.97. The van der Waals surface area contributed by atoms with Gasteiger partial charge >= 0.3 is 0 Å². The summed E-state index contributed by atoms with van der Waals surface area (Å²) in [5.41, 5.74) is 2.87. The van der Waals surface area contributed by atoms with Gasteiger partial charge in [0.1, 0.15) is 6.61 Å². The topological polar surface area (TPSA) is 81.1 Å². The molecule has 2 amide bonds. The molecular weight excluding hydrogens is 370 g/mol. The lowest BCUT2D eigenvalue weighted by atomic mass is 10.1. The number of likely N-dealkylation sites (N-methyl/N-ethyl adjacent to an activating group) is 1. The standard InChI is InChI=1S/C22H29N3O4/c1-16-8-7-9-17(2)22(16)24-21(27)15-25(3)14-20(26)23-12-13-29-19-11-6-5-10-18(19)28-4/h5-11H,12-15H2,1-4H3,(H,23,26)(H,24,27)/p+1. The van der Waals surface area contributed by atoms with Crippen molar-refractivity contribution in [2.75, 3.05) is 45.7 Å². The van der Waals surface area contributed by atoms with Gasteiger partial charge < -0.3 is 25.0 Å². The Bertz CT molecular complexity index is 818. The zero-order valence-corrected chi connectivity index (χ0v) is 17.5. The Morgan fingerprint density at radius 2 is 1.55 bits per heavy atom. The zero-order valence-electron chi connectivity index (χ0n) is 17.5. The molecule has 0 saturated carbocycles. The van der Waals surface area contributed by atoms with Crippen LogP contribution >= 0.6 is 0 Å². The van der Waals surface area contributed by atoms with Crippen LogP contribution in [-0.4, -0.2) is 52.2 Å². The first-order valence-corrected chi connectivity index (χ1v) is 9.60. The number of para-hydroxylation sites is 3. The van der Waals surface area contributed by atoms with Crippen molar-refractivity contribution in [2.24, 2.45) is 0 Å². The van der Waals surface area contributed by atoms with E-state index in [2.05, 4.69) is 10.6 Å². The predicted molar refractivity (Wildman–Crippen MR) is 113 cm³/mol. The summed E-state index contributed by atoms with van der Waals surface area (Å²) in [4.78, 5) is 25.2. The van der Waals surface area contributed by atoms with Gasteiger partial charge in [-0.25, -0.2) is 0 Å². The smallest absolute Gasteiger partial charge is 0.279 e. The summed E-state index contributed by atoms with van der Waals surface area (Å²) in [7, 11) is 3.40. The summed E-state index contributed by atoms with van der Waals surface area (Å²) in [6.45, 7) is 5.03. The van der Waals surface area contributed by atoms with Crippen LogP contribution in [0, 0.1) is 13.8 Å². The van der Waals surface area contributed by atoms with E-state index in [1.54, 1.807) is 7.11 Å². The number of amides is 2. The normalized spacial score (nSPS) is 11.4. The molecule has 156 valence electrons. The second-order valence-electron chi connectivity index (χ2n) is 6.97. The van der Waals surface area contributed by atoms with E-state index in [0.717, 1.165) is 21.7 Å². The number of ether oxygens (including phenoxy) is 2. The van der Waals surface area contributed by atoms with Crippen LogP contribution in [0.4, 0.5) is 5.69 Å². The fourth-order valence-corrected chi connectivity index (χ4v) is 2.96. The summed E-state index contributed by atoms with van der Waals surface area (Å²) in [6, 6.07) is 13.2. The van der Waals surface area contributed by atoms with Gasteiger partial charge in [-0.3, -0.25) is 9.59 Å². The molecule has 0 saturated heterocycles. The fourth-order valence-electron chi connectivity index (χ4n) is 2.96. The maximum Gasteiger partial charge on any atom is 0.279 e. The summed E-state index contributed by atoms with van der Waals surface area (Å²) in [6.07, 6.45) is 0. The Hall–Kier alpha value is -3.06. The van der Waals surface area contributed by atoms with Crippen LogP contribution in [0.1, 0.15) is 11.1 Å². The van der Waals surface area contributed by atoms with Crippen molar-refractivity contribution >= 4 is 17.5 Å². The Balaban J connectivity index is 1.70. The number of anilines is 1. The fraction of sp³-hybridized carbons (Fsp3) is 0.364. The van der Waals surface area contributed by atoms with E-state index in [1.165, 1.54) is 0 Å². The van der Waals surface area contributed by atoms with Gasteiger partial charge in [-0.15, -0.1) is 0 Å². The van der Waals surface area contributed by atoms with E-state index in [9.17, 15) is 9.59 Å². The molecule has 2 aromatic carbocycles. The van der Waals surface area contributed by atoms with Crippen molar-refractivity contribution in [3.05, 3.63) is 53.6 Å². The average Bonchev–Trinajstić information content (AvgIpc) is 2.68. The Morgan fingerprint density at radius 1 is 0.931 bits per heavy atom. The number of hydrogen-bond donors (Lipinski definition) is 3. The Kier molecular flexibility index (Phi) is 8.48. The number of hydrogen-bond acceptors (Lipinski definition) is 4. The number of aryl methyl sites for hydroxylation is 2. The highest BCUT2D eigenvalue weighted by Crippen LogP contribution is 2.25. The maximum atomic E-state index is 12.3. The molecule has 0 radical (unpaired) electrons. The van der Waals surface area contributed by atoms with Crippen molar-refractivity contribution in [1.82, 2.24) is 5.32 Å². The van der Waals surface area contributed by atoms with Gasteiger partial charge in [0.25, 0.3) is 11.8 Å². The highest BCUT2D eigenvalue weighted by Gasteiger charge is 2.15. The van der Waals surface area contributed by atoms with Gasteiger partial charge in [0, 0.05) is 5.69 Å². The molecule has 3 N–H and O–H groups in total. The molecule has 1 unspecified atom stereocenters. The van der Waals surface area contributed by atoms with Gasteiger partial charge in [-0.05, 0) is 37.1 Å². The van der Waals surface area contributed by atoms with E-state index in [-0.39, 0.29) is 24.9 Å². The summed E-state index contributed by atoms with van der Waals surface area (Å²) >= 11 is 0. The van der Waals surface area contributed by atoms with Crippen molar-refractivity contribution in [2.45, 2.75) is 13.8 Å². The van der Waals surface area contributed by atoms with Gasteiger partial charge in [0.15, 0.2) is 24.6 Å². The maximum absolute atomic E-state index is 12.3. The summed E-state index contributed by atoms with van der Waals surface area (Å²) in [5, 5.41) is 5.75. The number of nitrogens with one attached hydrogen (secondary N) is 3. The largest absolute Gasteiger partial charge is 0.493 e. The van der Waals surface area contributed by atoms with Crippen molar-refractivity contribution in [3.63, 3.8) is 0 Å². The van der Waals surface area contributed by atoms with E-state index in [1.807, 2.05) is 63.4 Å². The first-order chi connectivity index (χ1) is 13.9. The third-order valence-electron chi connectivity index (χ3n) is 4.42. The molecule has 0 aliphatic rings. The number of quaternary nitrogens is 1. The molecule has 0 bridgehead atoms. The Labute approximate surface area is 172 Å². The average molecular weight is 400 g/mol. The molecule has 0 aliphatic carbocycles. The van der Waals surface area contributed by atoms with Gasteiger partial charge in [-0.1, -0.05) is 30.3 Å². The third-order valence-corrected chi connectivity index (χ3v) is 4.42. The quantitative estimate of drug-likeness (QED) is 0.519. The lowest BCUT2D eigenvalue weighted by Crippen LogP contribution is -3.11. The molecule has 0 spiro atoms. The first kappa shape index (κ1) is 22.2. The van der Waals surface area contributed by atoms with E-state index in [4.69, 9.17) is 9.47 Å². The van der Waals surface area contributed by atoms with E-state index in [0.29, 0.717) is 24.7 Å². The minimum absolute atomic E-state index is 0.118. The molecule has 2 rings (SSSR count). The molecule has 2 aromatic rings. The number of benzene rings is 2. The van der Waals surface area contributed by atoms with Crippen LogP contribution in [0.25, 0.3) is 0 Å². The van der Waals surface area contributed by atoms with Crippen LogP contribution in [0.5, 0.6) is 11.5 Å². The molecule has 0 fully saturated rings. The number of carbonyl (C=O) groups excluding carboxylic acids is 2. The SMILES string of the molecule is COc1ccccc1OCCNC(=O)C[NH+](C)CC(=O)Nc1c(C)cccc1C. The molecule has 29 heavy (non-hydrogen) atoms. The summed E-state index contributed by atoms with van der Waals surface area (Å²) in [5.74, 6) is 1.03. The molecule has 1 atom stereocenters. The van der Waals surface area contributed by atoms with Gasteiger partial charge in [0.05, 0.1) is 20.7 Å². The van der Waals surface area contributed by atoms with E-state index < -0.39 is 0 Å². The molecular formula is C22H30N3O4+. The Morgan fingerprint density at radius 3 is 2.21 bits per heavy atom. The van der Waals surface area contributed by atoms with Crippen LogP contribution in [0.15, 0.2) is 42.5 Å². The summed E-state index contributed by atoms with van der Waals surface area (Å²) < 4.78 is 10.8. The third kappa shape index (κ3) is 7.12. The highest BCUT2D eigenvalue weighted by molar-refractivity contribution is 5.93. The molecule has 0 aromatic heterocycles. The minimum atomic E-state index is -0.133. The van der Waals surface area contributed by atoms with Crippen molar-refractivity contribution < 1.29 is 24.0 Å². The van der Waals surface area contributed by atoms with Crippen molar-refractivity contribution in [1.29, 1.82) is 0 Å². The molecule has 7 nitrogen and oxygen atoms in total. The van der Waals surface area contributed by atoms with Gasteiger partial charge in [0.2, 0.25) is 0 Å². The number of carbonyl (C=O) groups is 2. The lowest BCUT2D eigenvalue weighted by Gasteiger charge is -2.16.